The summed E-state index contributed by atoms with van der Waals surface area (Å²) in [6.07, 6.45) is 2.98. The highest BCUT2D eigenvalue weighted by molar-refractivity contribution is 5.84. The van der Waals surface area contributed by atoms with Gasteiger partial charge in [0.2, 0.25) is 0 Å². The molecule has 0 aromatic carbocycles. The molecule has 0 aliphatic heterocycles. The van der Waals surface area contributed by atoms with E-state index in [9.17, 15) is 9.59 Å². The summed E-state index contributed by atoms with van der Waals surface area (Å²) in [6.45, 7) is 0. The van der Waals surface area contributed by atoms with Crippen LogP contribution in [0.4, 0.5) is 0 Å². The van der Waals surface area contributed by atoms with Crippen LogP contribution in [-0.4, -0.2) is 24.2 Å². The van der Waals surface area contributed by atoms with Gasteiger partial charge in [-0.1, -0.05) is 6.42 Å². The van der Waals surface area contributed by atoms with Crippen molar-refractivity contribution in [3.05, 3.63) is 0 Å². The number of hydrogen-bond acceptors (Lipinski definition) is 3. The van der Waals surface area contributed by atoms with Crippen molar-refractivity contribution in [3.8, 4) is 0 Å². The average Bonchev–Trinajstić information content (AvgIpc) is 2.48. The Bertz CT molecular complexity index is 273. The maximum atomic E-state index is 11.4. The first kappa shape index (κ1) is 9.49. The van der Waals surface area contributed by atoms with E-state index >= 15 is 0 Å². The number of carboxylic acids is 1. The summed E-state index contributed by atoms with van der Waals surface area (Å²) in [5.41, 5.74) is 0. The molecule has 4 atom stereocenters. The number of rotatable bonds is 2. The molecule has 2 rings (SSSR count). The van der Waals surface area contributed by atoms with Crippen LogP contribution in [0, 0.1) is 23.7 Å². The second kappa shape index (κ2) is 3.26. The summed E-state index contributed by atoms with van der Waals surface area (Å²) < 4.78 is 4.64. The average molecular weight is 198 g/mol. The summed E-state index contributed by atoms with van der Waals surface area (Å²) in [5, 5.41) is 8.99. The number of methoxy groups -OCH3 is 1. The number of esters is 1. The first-order valence-electron chi connectivity index (χ1n) is 4.97. The molecule has 78 valence electrons. The lowest BCUT2D eigenvalue weighted by Gasteiger charge is -2.44. The number of hydrogen-bond donors (Lipinski definition) is 1. The van der Waals surface area contributed by atoms with Gasteiger partial charge in [0.25, 0.3) is 0 Å². The van der Waals surface area contributed by atoms with E-state index in [2.05, 4.69) is 4.74 Å². The minimum Gasteiger partial charge on any atom is -0.481 e. The summed E-state index contributed by atoms with van der Waals surface area (Å²) >= 11 is 0. The lowest BCUT2D eigenvalue weighted by molar-refractivity contribution is -0.174. The summed E-state index contributed by atoms with van der Waals surface area (Å²) in [6, 6.07) is 0. The highest BCUT2D eigenvalue weighted by atomic mass is 16.5. The van der Waals surface area contributed by atoms with Crippen LogP contribution >= 0.6 is 0 Å². The predicted molar refractivity (Wildman–Crippen MR) is 47.5 cm³/mol. The Morgan fingerprint density at radius 1 is 1.21 bits per heavy atom. The molecular formula is C10H14O4. The van der Waals surface area contributed by atoms with Crippen molar-refractivity contribution in [3.63, 3.8) is 0 Å². The van der Waals surface area contributed by atoms with Crippen LogP contribution in [0.1, 0.15) is 19.3 Å². The largest absolute Gasteiger partial charge is 0.481 e. The molecule has 0 heterocycles. The van der Waals surface area contributed by atoms with Crippen molar-refractivity contribution < 1.29 is 19.4 Å². The Kier molecular flexibility index (Phi) is 2.21. The van der Waals surface area contributed by atoms with E-state index in [1.807, 2.05) is 0 Å². The summed E-state index contributed by atoms with van der Waals surface area (Å²) in [4.78, 5) is 22.3. The number of fused-ring (bicyclic) bond motifs is 1. The Morgan fingerprint density at radius 2 is 1.79 bits per heavy atom. The third-order valence-electron chi connectivity index (χ3n) is 3.69. The number of carbonyl (C=O) groups excluding carboxylic acids is 1. The van der Waals surface area contributed by atoms with Crippen LogP contribution in [0.2, 0.25) is 0 Å². The second-order valence-corrected chi connectivity index (χ2v) is 4.17. The molecule has 2 aliphatic rings. The van der Waals surface area contributed by atoms with Crippen molar-refractivity contribution in [1.82, 2.24) is 0 Å². The zero-order valence-corrected chi connectivity index (χ0v) is 8.10. The fourth-order valence-electron chi connectivity index (χ4n) is 3.09. The van der Waals surface area contributed by atoms with Crippen molar-refractivity contribution in [2.45, 2.75) is 19.3 Å². The normalized spacial score (nSPS) is 39.8. The van der Waals surface area contributed by atoms with E-state index in [-0.39, 0.29) is 23.7 Å². The summed E-state index contributed by atoms with van der Waals surface area (Å²) in [5.74, 6) is -1.58. The third-order valence-corrected chi connectivity index (χ3v) is 3.69. The molecule has 0 radical (unpaired) electrons. The zero-order chi connectivity index (χ0) is 10.3. The minimum absolute atomic E-state index is 0.219. The molecule has 0 bridgehead atoms. The highest BCUT2D eigenvalue weighted by Gasteiger charge is 2.59. The molecule has 0 aromatic rings. The molecule has 1 N–H and O–H groups in total. The maximum absolute atomic E-state index is 11.4. The Balaban J connectivity index is 2.14. The Labute approximate surface area is 82.2 Å². The van der Waals surface area contributed by atoms with Gasteiger partial charge in [0, 0.05) is 0 Å². The van der Waals surface area contributed by atoms with Crippen LogP contribution in [-0.2, 0) is 14.3 Å². The Morgan fingerprint density at radius 3 is 2.29 bits per heavy atom. The van der Waals surface area contributed by atoms with Gasteiger partial charge >= 0.3 is 11.9 Å². The lowest BCUT2D eigenvalue weighted by Crippen LogP contribution is -2.52. The van der Waals surface area contributed by atoms with E-state index in [4.69, 9.17) is 5.11 Å². The predicted octanol–water partition coefficient (Wildman–Crippen LogP) is 0.906. The van der Waals surface area contributed by atoms with E-state index in [0.29, 0.717) is 0 Å². The first-order valence-corrected chi connectivity index (χ1v) is 4.97. The molecule has 4 nitrogen and oxygen atoms in total. The van der Waals surface area contributed by atoms with E-state index < -0.39 is 11.9 Å². The SMILES string of the molecule is COC(=O)C1C2CCCC2C1C(=O)O. The standard InChI is InChI=1S/C10H14O4/c1-14-10(13)8-6-4-2-3-5(6)7(8)9(11)12/h5-8H,2-4H2,1H3,(H,11,12). The van der Waals surface area contributed by atoms with Crippen LogP contribution in [0.5, 0.6) is 0 Å². The highest BCUT2D eigenvalue weighted by Crippen LogP contribution is 2.55. The van der Waals surface area contributed by atoms with Gasteiger partial charge in [-0.3, -0.25) is 9.59 Å². The number of carboxylic acid groups (broad SMARTS) is 1. The molecule has 0 amide bonds. The minimum atomic E-state index is -0.844. The fraction of sp³-hybridized carbons (Fsp3) is 0.800. The van der Waals surface area contributed by atoms with Crippen LogP contribution in [0.3, 0.4) is 0 Å². The van der Waals surface area contributed by atoms with Gasteiger partial charge in [-0.15, -0.1) is 0 Å². The number of carbonyl (C=O) groups is 2. The van der Waals surface area contributed by atoms with E-state index in [1.54, 1.807) is 0 Å². The first-order chi connectivity index (χ1) is 6.66. The fourth-order valence-corrected chi connectivity index (χ4v) is 3.09. The van der Waals surface area contributed by atoms with Gasteiger partial charge < -0.3 is 9.84 Å². The van der Waals surface area contributed by atoms with Gasteiger partial charge in [0.05, 0.1) is 18.9 Å². The molecule has 2 saturated carbocycles. The van der Waals surface area contributed by atoms with Crippen LogP contribution < -0.4 is 0 Å². The number of aliphatic carboxylic acids is 1. The van der Waals surface area contributed by atoms with E-state index in [0.717, 1.165) is 19.3 Å². The van der Waals surface area contributed by atoms with E-state index in [1.165, 1.54) is 7.11 Å². The van der Waals surface area contributed by atoms with Gasteiger partial charge in [0.15, 0.2) is 0 Å². The molecule has 0 aromatic heterocycles. The maximum Gasteiger partial charge on any atom is 0.309 e. The summed E-state index contributed by atoms with van der Waals surface area (Å²) in [7, 11) is 1.32. The topological polar surface area (TPSA) is 63.6 Å². The monoisotopic (exact) mass is 198 g/mol. The van der Waals surface area contributed by atoms with Crippen molar-refractivity contribution >= 4 is 11.9 Å². The van der Waals surface area contributed by atoms with Crippen molar-refractivity contribution in [2.24, 2.45) is 23.7 Å². The second-order valence-electron chi connectivity index (χ2n) is 4.17. The van der Waals surface area contributed by atoms with Gasteiger partial charge in [-0.05, 0) is 24.7 Å². The molecule has 0 spiro atoms. The molecule has 14 heavy (non-hydrogen) atoms. The Hall–Kier alpha value is -1.06. The number of ether oxygens (including phenoxy) is 1. The smallest absolute Gasteiger partial charge is 0.309 e. The lowest BCUT2D eigenvalue weighted by atomic mass is 9.58. The third kappa shape index (κ3) is 1.13. The zero-order valence-electron chi connectivity index (χ0n) is 8.10. The molecule has 2 fully saturated rings. The molecule has 0 saturated heterocycles. The molecule has 4 heteroatoms. The van der Waals surface area contributed by atoms with Gasteiger partial charge in [-0.25, -0.2) is 0 Å². The molecular weight excluding hydrogens is 184 g/mol. The van der Waals surface area contributed by atoms with Gasteiger partial charge in [-0.2, -0.15) is 0 Å². The molecule has 4 unspecified atom stereocenters. The van der Waals surface area contributed by atoms with Crippen LogP contribution in [0.25, 0.3) is 0 Å². The molecule has 2 aliphatic carbocycles. The van der Waals surface area contributed by atoms with Crippen LogP contribution in [0.15, 0.2) is 0 Å². The van der Waals surface area contributed by atoms with Crippen molar-refractivity contribution in [1.29, 1.82) is 0 Å². The van der Waals surface area contributed by atoms with Gasteiger partial charge in [0.1, 0.15) is 0 Å². The van der Waals surface area contributed by atoms with Crippen molar-refractivity contribution in [2.75, 3.05) is 7.11 Å². The quantitative estimate of drug-likeness (QED) is 0.670.